The molecule has 0 heterocycles. The molecule has 0 spiro atoms. The number of nitrogens with zero attached hydrogens (tertiary/aromatic N) is 2. The molecule has 0 unspecified atom stereocenters. The van der Waals surface area contributed by atoms with Crippen molar-refractivity contribution in [3.63, 3.8) is 0 Å². The van der Waals surface area contributed by atoms with Gasteiger partial charge in [-0.15, -0.1) is 0 Å². The molecule has 4 nitrogen and oxygen atoms in total. The maximum absolute atomic E-state index is 12.7. The maximum atomic E-state index is 12.7. The molecule has 0 saturated heterocycles. The Bertz CT molecular complexity index is 1650. The third kappa shape index (κ3) is 8.97. The summed E-state index contributed by atoms with van der Waals surface area (Å²) >= 11 is 11.7. The van der Waals surface area contributed by atoms with E-state index in [1.54, 1.807) is 18.2 Å². The Morgan fingerprint density at radius 2 is 1.07 bits per heavy atom. The van der Waals surface area contributed by atoms with Crippen molar-refractivity contribution < 1.29 is 54.4 Å². The molecule has 4 aromatic carbocycles. The standard InChI is InChI=1S/C16H7ClF5NO.C13H7ClFNO.V/c17-12-2-1-3-13(11(12)8-23)24-10-6-4-9(5-7-10)14(15(18)19)16(20,21)22;14-12-2-1-3-13(11(12)8-16)17-10-6-4-9(15)5-7-10;/h1-7H;1-7H;. The van der Waals surface area contributed by atoms with E-state index in [2.05, 4.69) is 0 Å². The minimum atomic E-state index is -5.18. The van der Waals surface area contributed by atoms with Crippen LogP contribution in [0.3, 0.4) is 0 Å². The van der Waals surface area contributed by atoms with E-state index in [0.29, 0.717) is 16.5 Å². The molecule has 0 N–H and O–H groups in total. The second kappa shape index (κ2) is 15.3. The summed E-state index contributed by atoms with van der Waals surface area (Å²) in [7, 11) is 0. The van der Waals surface area contributed by atoms with Crippen LogP contribution < -0.4 is 9.47 Å². The van der Waals surface area contributed by atoms with Crippen LogP contribution in [0.1, 0.15) is 16.7 Å². The van der Waals surface area contributed by atoms with Crippen LogP contribution in [0.15, 0.2) is 91.0 Å². The van der Waals surface area contributed by atoms with Crippen molar-refractivity contribution >= 4 is 28.8 Å². The van der Waals surface area contributed by atoms with Crippen molar-refractivity contribution in [3.05, 3.63) is 124 Å². The van der Waals surface area contributed by atoms with E-state index in [0.717, 1.165) is 24.3 Å². The molecule has 0 saturated carbocycles. The van der Waals surface area contributed by atoms with Gasteiger partial charge in [-0.3, -0.25) is 0 Å². The number of halogens is 8. The summed E-state index contributed by atoms with van der Waals surface area (Å²) in [6.45, 7) is 0. The van der Waals surface area contributed by atoms with E-state index in [9.17, 15) is 26.3 Å². The van der Waals surface area contributed by atoms with Gasteiger partial charge in [-0.1, -0.05) is 47.5 Å². The van der Waals surface area contributed by atoms with Gasteiger partial charge in [0.1, 0.15) is 57.7 Å². The maximum Gasteiger partial charge on any atom is 0.422 e. The Hall–Kier alpha value is -4.06. The molecule has 0 aliphatic carbocycles. The summed E-state index contributed by atoms with van der Waals surface area (Å²) in [6.07, 6.45) is -8.00. The fourth-order valence-electron chi connectivity index (χ4n) is 3.22. The first kappa shape index (κ1) is 34.1. The molecule has 4 aromatic rings. The van der Waals surface area contributed by atoms with Crippen LogP contribution >= 0.6 is 23.2 Å². The SMILES string of the molecule is N#Cc1c(Cl)cccc1Oc1ccc(C(=C(F)F)C(F)(F)F)cc1.N#Cc1c(Cl)cccc1Oc1ccc(F)cc1.[V]. The second-order valence-corrected chi connectivity index (χ2v) is 8.58. The number of hydrogen-bond acceptors (Lipinski definition) is 4. The molecule has 4 rings (SSSR count). The molecular weight excluding hydrogens is 644 g/mol. The molecule has 1 radical (unpaired) electrons. The van der Waals surface area contributed by atoms with E-state index in [1.165, 1.54) is 42.5 Å². The fraction of sp³-hybridized carbons (Fsp3) is 0.0345. The van der Waals surface area contributed by atoms with Gasteiger partial charge in [0.05, 0.1) is 10.0 Å². The van der Waals surface area contributed by atoms with Crippen molar-refractivity contribution in [2.45, 2.75) is 6.18 Å². The topological polar surface area (TPSA) is 66.0 Å². The number of hydrogen-bond donors (Lipinski definition) is 0. The molecule has 42 heavy (non-hydrogen) atoms. The van der Waals surface area contributed by atoms with Gasteiger partial charge in [0.15, 0.2) is 0 Å². The molecule has 0 atom stereocenters. The molecular formula is C29H14Cl2F6N2O2V. The molecule has 0 aromatic heterocycles. The van der Waals surface area contributed by atoms with Crippen molar-refractivity contribution in [2.24, 2.45) is 0 Å². The van der Waals surface area contributed by atoms with Gasteiger partial charge in [-0.2, -0.15) is 32.5 Å². The van der Waals surface area contributed by atoms with Crippen LogP contribution in [0.4, 0.5) is 26.3 Å². The number of benzene rings is 4. The van der Waals surface area contributed by atoms with E-state index >= 15 is 0 Å². The largest absolute Gasteiger partial charge is 0.456 e. The van der Waals surface area contributed by atoms with Crippen molar-refractivity contribution in [3.8, 4) is 35.1 Å². The van der Waals surface area contributed by atoms with Crippen molar-refractivity contribution in [1.82, 2.24) is 0 Å². The number of allylic oxidation sites excluding steroid dienone is 1. The number of rotatable bonds is 5. The summed E-state index contributed by atoms with van der Waals surface area (Å²) in [5.74, 6) is 0.625. The molecule has 0 aliphatic heterocycles. The Morgan fingerprint density at radius 1 is 0.667 bits per heavy atom. The Labute approximate surface area is 257 Å². The monoisotopic (exact) mass is 657 g/mol. The number of alkyl halides is 3. The summed E-state index contributed by atoms with van der Waals surface area (Å²) < 4.78 is 86.5. The number of ether oxygens (including phenoxy) is 2. The quantitative estimate of drug-likeness (QED) is 0.200. The minimum Gasteiger partial charge on any atom is -0.456 e. The van der Waals surface area contributed by atoms with Crippen LogP contribution in [0.5, 0.6) is 23.0 Å². The third-order valence-electron chi connectivity index (χ3n) is 5.06. The second-order valence-electron chi connectivity index (χ2n) is 7.77. The van der Waals surface area contributed by atoms with Gasteiger partial charge in [0, 0.05) is 18.6 Å². The van der Waals surface area contributed by atoms with E-state index in [-0.39, 0.29) is 52.0 Å². The zero-order valence-corrected chi connectivity index (χ0v) is 23.7. The minimum absolute atomic E-state index is 0. The summed E-state index contributed by atoms with van der Waals surface area (Å²) in [4.78, 5) is 0. The zero-order chi connectivity index (χ0) is 30.2. The Balaban J connectivity index is 0.000000302. The van der Waals surface area contributed by atoms with Gasteiger partial charge in [0.25, 0.3) is 6.08 Å². The van der Waals surface area contributed by atoms with Gasteiger partial charge in [-0.25, -0.2) is 4.39 Å². The van der Waals surface area contributed by atoms with E-state index in [4.69, 9.17) is 43.2 Å². The van der Waals surface area contributed by atoms with Crippen LogP contribution in [0, 0.1) is 28.5 Å². The summed E-state index contributed by atoms with van der Waals surface area (Å²) in [5, 5.41) is 18.4. The average molecular weight is 658 g/mol. The van der Waals surface area contributed by atoms with Gasteiger partial charge in [-0.05, 0) is 66.2 Å². The van der Waals surface area contributed by atoms with E-state index < -0.39 is 23.4 Å². The molecule has 0 fully saturated rings. The molecule has 13 heteroatoms. The first-order chi connectivity index (χ1) is 19.4. The van der Waals surface area contributed by atoms with Crippen LogP contribution in [-0.4, -0.2) is 6.18 Å². The predicted octanol–water partition coefficient (Wildman–Crippen LogP) is 10.3. The first-order valence-corrected chi connectivity index (χ1v) is 11.9. The van der Waals surface area contributed by atoms with Crippen LogP contribution in [0.25, 0.3) is 5.57 Å². The van der Waals surface area contributed by atoms with Gasteiger partial charge in [0.2, 0.25) is 0 Å². The fourth-order valence-corrected chi connectivity index (χ4v) is 3.64. The third-order valence-corrected chi connectivity index (χ3v) is 5.69. The smallest absolute Gasteiger partial charge is 0.422 e. The zero-order valence-electron chi connectivity index (χ0n) is 20.8. The number of nitriles is 2. The van der Waals surface area contributed by atoms with Crippen LogP contribution in [-0.2, 0) is 18.6 Å². The summed E-state index contributed by atoms with van der Waals surface area (Å²) in [6, 6.07) is 22.6. The van der Waals surface area contributed by atoms with E-state index in [1.807, 2.05) is 12.1 Å². The summed E-state index contributed by atoms with van der Waals surface area (Å²) in [5.41, 5.74) is -2.39. The van der Waals surface area contributed by atoms with Gasteiger partial charge < -0.3 is 9.47 Å². The molecule has 0 aliphatic rings. The normalized spacial score (nSPS) is 10.1. The van der Waals surface area contributed by atoms with Crippen LogP contribution in [0.2, 0.25) is 10.0 Å². The van der Waals surface area contributed by atoms with Gasteiger partial charge >= 0.3 is 6.18 Å². The Morgan fingerprint density at radius 3 is 1.43 bits per heavy atom. The first-order valence-electron chi connectivity index (χ1n) is 11.2. The predicted molar refractivity (Wildman–Crippen MR) is 141 cm³/mol. The Kier molecular flexibility index (Phi) is 12.4. The molecule has 0 bridgehead atoms. The molecule has 0 amide bonds. The molecule has 213 valence electrons. The average Bonchev–Trinajstić information content (AvgIpc) is 2.91. The van der Waals surface area contributed by atoms with Crippen molar-refractivity contribution in [1.29, 1.82) is 10.5 Å². The van der Waals surface area contributed by atoms with Crippen molar-refractivity contribution in [2.75, 3.05) is 0 Å².